The number of hydrogen-bond donors (Lipinski definition) is 2. The average molecular weight is 472 g/mol. The van der Waals surface area contributed by atoms with Crippen LogP contribution in [0.4, 0.5) is 11.8 Å². The largest absolute Gasteiger partial charge is 0.371 e. The molecule has 0 bridgehead atoms. The molecule has 1 amide bonds. The molecule has 1 aliphatic heterocycles. The first-order valence-corrected chi connectivity index (χ1v) is 12.3. The number of aryl methyl sites for hydroxylation is 1. The Labute approximate surface area is 206 Å². The lowest BCUT2D eigenvalue weighted by molar-refractivity contribution is -0.132. The van der Waals surface area contributed by atoms with E-state index in [0.717, 1.165) is 72.6 Å². The minimum absolute atomic E-state index is 0.187. The highest BCUT2D eigenvalue weighted by atomic mass is 16.2. The molecule has 0 aromatic carbocycles. The number of hydrogen-bond acceptors (Lipinski definition) is 6. The number of amides is 1. The van der Waals surface area contributed by atoms with Gasteiger partial charge in [-0.1, -0.05) is 24.8 Å². The number of allylic oxidation sites excluding steroid dienone is 2. The van der Waals surface area contributed by atoms with Crippen LogP contribution in [-0.2, 0) is 4.79 Å². The Kier molecular flexibility index (Phi) is 6.05. The van der Waals surface area contributed by atoms with Crippen molar-refractivity contribution in [1.29, 1.82) is 0 Å². The number of carbonyl (C=O) groups excluding carboxylic acids is 1. The molecule has 3 aromatic heterocycles. The summed E-state index contributed by atoms with van der Waals surface area (Å²) < 4.78 is 1.87. The number of rotatable bonds is 6. The van der Waals surface area contributed by atoms with E-state index in [1.54, 1.807) is 13.0 Å². The molecule has 35 heavy (non-hydrogen) atoms. The van der Waals surface area contributed by atoms with E-state index >= 15 is 0 Å². The van der Waals surface area contributed by atoms with Gasteiger partial charge in [0, 0.05) is 44.9 Å². The van der Waals surface area contributed by atoms with Crippen molar-refractivity contribution in [2.45, 2.75) is 45.6 Å². The Morgan fingerprint density at radius 1 is 1.20 bits per heavy atom. The van der Waals surface area contributed by atoms with E-state index in [4.69, 9.17) is 15.1 Å². The summed E-state index contributed by atoms with van der Waals surface area (Å²) in [6, 6.07) is 6.51. The van der Waals surface area contributed by atoms with Crippen LogP contribution in [-0.4, -0.2) is 56.6 Å². The van der Waals surface area contributed by atoms with Crippen LogP contribution in [0.5, 0.6) is 0 Å². The number of nitrogens with zero attached hydrogens (tertiary/aromatic N) is 5. The monoisotopic (exact) mass is 471 g/mol. The van der Waals surface area contributed by atoms with Crippen molar-refractivity contribution < 1.29 is 4.79 Å². The van der Waals surface area contributed by atoms with Gasteiger partial charge in [0.15, 0.2) is 5.82 Å². The van der Waals surface area contributed by atoms with Crippen molar-refractivity contribution in [3.63, 3.8) is 0 Å². The number of likely N-dealkylation sites (tertiary alicyclic amines) is 1. The smallest absolute Gasteiger partial charge is 0.243 e. The number of fused-ring (bicyclic) bond motifs is 1. The maximum absolute atomic E-state index is 11.6. The second kappa shape index (κ2) is 9.17. The molecular formula is C27H33N7O. The quantitative estimate of drug-likeness (QED) is 0.513. The van der Waals surface area contributed by atoms with Crippen molar-refractivity contribution in [3.05, 3.63) is 54.4 Å². The van der Waals surface area contributed by atoms with Gasteiger partial charge in [0.25, 0.3) is 0 Å². The van der Waals surface area contributed by atoms with E-state index in [9.17, 15) is 4.79 Å². The third-order valence-electron chi connectivity index (χ3n) is 7.51. The first kappa shape index (κ1) is 23.1. The fourth-order valence-corrected chi connectivity index (χ4v) is 5.46. The van der Waals surface area contributed by atoms with E-state index in [1.807, 2.05) is 46.9 Å². The Morgan fingerprint density at radius 3 is 2.66 bits per heavy atom. The second-order valence-electron chi connectivity index (χ2n) is 9.81. The molecule has 3 aromatic rings. The summed E-state index contributed by atoms with van der Waals surface area (Å²) in [5.74, 6) is 1.57. The maximum Gasteiger partial charge on any atom is 0.243 e. The zero-order valence-corrected chi connectivity index (χ0v) is 20.7. The van der Waals surface area contributed by atoms with E-state index in [-0.39, 0.29) is 5.91 Å². The first-order chi connectivity index (χ1) is 16.9. The molecule has 1 spiro atoms. The van der Waals surface area contributed by atoms with Crippen LogP contribution in [0.25, 0.3) is 22.9 Å². The predicted molar refractivity (Wildman–Crippen MR) is 140 cm³/mol. The fourth-order valence-electron chi connectivity index (χ4n) is 5.46. The molecule has 8 heteroatoms. The highest BCUT2D eigenvalue weighted by molar-refractivity contribution is 5.87. The molecule has 2 aliphatic rings. The van der Waals surface area contributed by atoms with Crippen molar-refractivity contribution in [1.82, 2.24) is 24.5 Å². The van der Waals surface area contributed by atoms with E-state index in [2.05, 4.69) is 30.2 Å². The Bertz CT molecular complexity index is 1290. The first-order valence-electron chi connectivity index (χ1n) is 12.3. The zero-order chi connectivity index (χ0) is 24.6. The van der Waals surface area contributed by atoms with Crippen LogP contribution in [0.2, 0.25) is 0 Å². The summed E-state index contributed by atoms with van der Waals surface area (Å²) in [4.78, 5) is 23.3. The van der Waals surface area contributed by atoms with Gasteiger partial charge in [-0.05, 0) is 61.8 Å². The van der Waals surface area contributed by atoms with Crippen molar-refractivity contribution in [3.8, 4) is 11.3 Å². The summed E-state index contributed by atoms with van der Waals surface area (Å²) in [7, 11) is 1.88. The summed E-state index contributed by atoms with van der Waals surface area (Å²) >= 11 is 0. The number of carbonyl (C=O) groups is 1. The molecule has 8 nitrogen and oxygen atoms in total. The zero-order valence-electron chi connectivity index (χ0n) is 20.7. The molecule has 4 heterocycles. The lowest BCUT2D eigenvalue weighted by atomic mass is 9.60. The molecule has 1 saturated carbocycles. The molecule has 0 radical (unpaired) electrons. The molecule has 182 valence electrons. The molecule has 0 unspecified atom stereocenters. The van der Waals surface area contributed by atoms with Crippen LogP contribution in [0.15, 0.2) is 43.1 Å². The van der Waals surface area contributed by atoms with Crippen LogP contribution in [0.1, 0.15) is 43.9 Å². The molecule has 2 N–H and O–H groups in total. The molecule has 1 saturated heterocycles. The van der Waals surface area contributed by atoms with Gasteiger partial charge >= 0.3 is 0 Å². The minimum Gasteiger partial charge on any atom is -0.371 e. The Morgan fingerprint density at radius 2 is 1.97 bits per heavy atom. The van der Waals surface area contributed by atoms with Crippen molar-refractivity contribution >= 4 is 29.3 Å². The van der Waals surface area contributed by atoms with Gasteiger partial charge in [-0.3, -0.25) is 4.79 Å². The molecule has 0 atom stereocenters. The van der Waals surface area contributed by atoms with Gasteiger partial charge in [0.05, 0.1) is 11.4 Å². The Hall–Kier alpha value is -3.68. The third-order valence-corrected chi connectivity index (χ3v) is 7.51. The average Bonchev–Trinajstić information content (AvgIpc) is 3.26. The minimum atomic E-state index is 0.187. The number of piperidine rings is 1. The molecule has 2 fully saturated rings. The van der Waals surface area contributed by atoms with E-state index in [0.29, 0.717) is 17.4 Å². The number of aromatic nitrogens is 4. The van der Waals surface area contributed by atoms with Gasteiger partial charge in [0.2, 0.25) is 11.9 Å². The number of pyridine rings is 1. The van der Waals surface area contributed by atoms with Crippen molar-refractivity contribution in [2.75, 3.05) is 30.8 Å². The van der Waals surface area contributed by atoms with E-state index in [1.165, 1.54) is 0 Å². The normalized spacial score (nSPS) is 17.6. The standard InChI is InChI=1S/C27H33N7O/c1-5-6-7-22-18(2)8-9-23(30-22)21-10-13-34-24(21)25(28-4)31-26(32-34)29-20-16-27(17-20)11-14-33(15-12-27)19(3)35/h5-10,13,20H,1,11-12,14-17H2,2-4H3,(H2,28,29,31,32)/b7-6-. The number of anilines is 2. The molecule has 1 aliphatic carbocycles. The highest BCUT2D eigenvalue weighted by Gasteiger charge is 2.46. The third kappa shape index (κ3) is 4.40. The molecular weight excluding hydrogens is 438 g/mol. The Balaban J connectivity index is 1.35. The molecule has 5 rings (SSSR count). The van der Waals surface area contributed by atoms with Crippen LogP contribution >= 0.6 is 0 Å². The van der Waals surface area contributed by atoms with E-state index < -0.39 is 0 Å². The predicted octanol–water partition coefficient (Wildman–Crippen LogP) is 4.54. The lowest BCUT2D eigenvalue weighted by Crippen LogP contribution is -2.52. The fraction of sp³-hybridized carbons (Fsp3) is 0.407. The van der Waals surface area contributed by atoms with Crippen LogP contribution < -0.4 is 10.6 Å². The maximum atomic E-state index is 11.6. The van der Waals surface area contributed by atoms with Gasteiger partial charge in [-0.25, -0.2) is 9.50 Å². The highest BCUT2D eigenvalue weighted by Crippen LogP contribution is 2.49. The summed E-state index contributed by atoms with van der Waals surface area (Å²) in [5, 5.41) is 11.5. The topological polar surface area (TPSA) is 87.5 Å². The van der Waals surface area contributed by atoms with Gasteiger partial charge in [-0.2, -0.15) is 4.98 Å². The van der Waals surface area contributed by atoms with Crippen LogP contribution in [0.3, 0.4) is 0 Å². The summed E-state index contributed by atoms with van der Waals surface area (Å²) in [5.41, 5.74) is 5.14. The summed E-state index contributed by atoms with van der Waals surface area (Å²) in [6.45, 7) is 9.21. The van der Waals surface area contributed by atoms with Gasteiger partial charge in [-0.15, -0.1) is 5.10 Å². The van der Waals surface area contributed by atoms with Crippen LogP contribution in [0, 0.1) is 12.3 Å². The van der Waals surface area contributed by atoms with Gasteiger partial charge < -0.3 is 15.5 Å². The second-order valence-corrected chi connectivity index (χ2v) is 9.81. The SMILES string of the molecule is C=C/C=C\c1nc(-c2ccn3nc(NC4CC5(CCN(C(C)=O)CC5)C4)nc(NC)c23)ccc1C. The lowest BCUT2D eigenvalue weighted by Gasteiger charge is -2.52. The number of nitrogens with one attached hydrogen (secondary N) is 2. The summed E-state index contributed by atoms with van der Waals surface area (Å²) in [6.07, 6.45) is 11.9. The van der Waals surface area contributed by atoms with Gasteiger partial charge in [0.1, 0.15) is 5.52 Å². The van der Waals surface area contributed by atoms with Crippen molar-refractivity contribution in [2.24, 2.45) is 5.41 Å².